The highest BCUT2D eigenvalue weighted by Gasteiger charge is 2.49. The molecule has 1 atom stereocenters. The Bertz CT molecular complexity index is 1320. The molecule has 4 rings (SSSR count). The van der Waals surface area contributed by atoms with E-state index in [-0.39, 0.29) is 17.6 Å². The van der Waals surface area contributed by atoms with Crippen molar-refractivity contribution in [1.29, 1.82) is 0 Å². The van der Waals surface area contributed by atoms with Crippen molar-refractivity contribution < 1.29 is 32.7 Å². The first-order valence-corrected chi connectivity index (χ1v) is 10.6. The van der Waals surface area contributed by atoms with Gasteiger partial charge in [0.1, 0.15) is 0 Å². The van der Waals surface area contributed by atoms with Crippen molar-refractivity contribution in [1.82, 2.24) is 4.90 Å². The standard InChI is InChI=1S/C24H21N3O2.C2HF3O2/c1-16(28)17-11-13-18(14-12-17)19-7-6-10-21(15-19)24(20-8-4-3-5-9-20)22(29)27(2)23(25)26-24;3-2(4,5)1(6)7/h3-15H,1-2H3,(H2,25,26);(H,6,7). The van der Waals surface area contributed by atoms with Crippen molar-refractivity contribution in [2.24, 2.45) is 10.7 Å². The summed E-state index contributed by atoms with van der Waals surface area (Å²) in [5.74, 6) is -2.73. The lowest BCUT2D eigenvalue weighted by atomic mass is 9.81. The minimum Gasteiger partial charge on any atom is -0.475 e. The Kier molecular flexibility index (Phi) is 7.28. The van der Waals surface area contributed by atoms with Crippen LogP contribution in [0.15, 0.2) is 83.9 Å². The molecule has 0 saturated carbocycles. The fraction of sp³-hybridized carbons (Fsp3) is 0.154. The third kappa shape index (κ3) is 5.12. The van der Waals surface area contributed by atoms with Gasteiger partial charge >= 0.3 is 12.1 Å². The molecule has 0 fully saturated rings. The molecule has 1 amide bonds. The van der Waals surface area contributed by atoms with Crippen molar-refractivity contribution in [2.45, 2.75) is 18.6 Å². The van der Waals surface area contributed by atoms with Gasteiger partial charge in [0, 0.05) is 12.6 Å². The molecule has 7 nitrogen and oxygen atoms in total. The van der Waals surface area contributed by atoms with E-state index >= 15 is 0 Å². The summed E-state index contributed by atoms with van der Waals surface area (Å²) in [5.41, 5.74) is 8.88. The number of ketones is 1. The van der Waals surface area contributed by atoms with E-state index in [2.05, 4.69) is 4.99 Å². The molecular formula is C26H22F3N3O4. The Labute approximate surface area is 204 Å². The van der Waals surface area contributed by atoms with E-state index in [9.17, 15) is 22.8 Å². The summed E-state index contributed by atoms with van der Waals surface area (Å²) < 4.78 is 31.7. The number of carbonyl (C=O) groups is 3. The smallest absolute Gasteiger partial charge is 0.475 e. The molecule has 36 heavy (non-hydrogen) atoms. The maximum absolute atomic E-state index is 13.3. The third-order valence-electron chi connectivity index (χ3n) is 5.58. The van der Waals surface area contributed by atoms with E-state index in [4.69, 9.17) is 15.6 Å². The zero-order chi connectivity index (χ0) is 26.7. The highest BCUT2D eigenvalue weighted by molar-refractivity contribution is 6.09. The summed E-state index contributed by atoms with van der Waals surface area (Å²) >= 11 is 0. The van der Waals surface area contributed by atoms with Gasteiger partial charge in [0.15, 0.2) is 17.3 Å². The number of nitrogens with zero attached hydrogens (tertiary/aromatic N) is 2. The summed E-state index contributed by atoms with van der Waals surface area (Å²) in [4.78, 5) is 39.8. The molecule has 1 aliphatic heterocycles. The molecule has 0 spiro atoms. The Morgan fingerprint density at radius 3 is 1.94 bits per heavy atom. The topological polar surface area (TPSA) is 113 Å². The van der Waals surface area contributed by atoms with E-state index in [0.29, 0.717) is 5.56 Å². The van der Waals surface area contributed by atoms with Crippen LogP contribution in [0, 0.1) is 0 Å². The van der Waals surface area contributed by atoms with Crippen LogP contribution in [0.2, 0.25) is 0 Å². The molecule has 0 saturated heterocycles. The molecule has 1 heterocycles. The highest BCUT2D eigenvalue weighted by atomic mass is 19.4. The lowest BCUT2D eigenvalue weighted by Gasteiger charge is -2.26. The van der Waals surface area contributed by atoms with Gasteiger partial charge in [0.05, 0.1) is 0 Å². The molecule has 0 aromatic heterocycles. The minimum absolute atomic E-state index is 0.0257. The number of alkyl halides is 3. The fourth-order valence-electron chi connectivity index (χ4n) is 3.68. The number of Topliss-reactive ketones (excluding diaryl/α,β-unsaturated/α-hetero) is 1. The highest BCUT2D eigenvalue weighted by Crippen LogP contribution is 2.40. The van der Waals surface area contributed by atoms with E-state index in [0.717, 1.165) is 22.3 Å². The number of aliphatic carboxylic acids is 1. The third-order valence-corrected chi connectivity index (χ3v) is 5.58. The van der Waals surface area contributed by atoms with Gasteiger partial charge in [0.25, 0.3) is 5.91 Å². The van der Waals surface area contributed by atoms with Crippen molar-refractivity contribution in [3.05, 3.63) is 95.6 Å². The first kappa shape index (κ1) is 26.1. The van der Waals surface area contributed by atoms with Gasteiger partial charge in [-0.25, -0.2) is 9.79 Å². The number of rotatable bonds is 4. The molecular weight excluding hydrogens is 475 g/mol. The molecule has 3 aromatic rings. The van der Waals surface area contributed by atoms with Gasteiger partial charge in [-0.2, -0.15) is 13.2 Å². The largest absolute Gasteiger partial charge is 0.490 e. The minimum atomic E-state index is -5.08. The molecule has 3 N–H and O–H groups in total. The van der Waals surface area contributed by atoms with Crippen LogP contribution in [0.5, 0.6) is 0 Å². The van der Waals surface area contributed by atoms with Crippen LogP contribution in [0.25, 0.3) is 11.1 Å². The van der Waals surface area contributed by atoms with E-state index in [1.54, 1.807) is 14.0 Å². The Hall–Kier alpha value is -4.47. The van der Waals surface area contributed by atoms with Crippen LogP contribution in [-0.2, 0) is 15.1 Å². The molecule has 1 unspecified atom stereocenters. The molecule has 0 radical (unpaired) electrons. The Balaban J connectivity index is 0.000000454. The van der Waals surface area contributed by atoms with Crippen LogP contribution < -0.4 is 5.73 Å². The first-order chi connectivity index (χ1) is 16.9. The molecule has 186 valence electrons. The number of hydrogen-bond acceptors (Lipinski definition) is 5. The number of benzene rings is 3. The fourth-order valence-corrected chi connectivity index (χ4v) is 3.68. The van der Waals surface area contributed by atoms with Crippen molar-refractivity contribution in [2.75, 3.05) is 7.05 Å². The zero-order valence-electron chi connectivity index (χ0n) is 19.3. The maximum atomic E-state index is 13.3. The second-order valence-corrected chi connectivity index (χ2v) is 7.93. The van der Waals surface area contributed by atoms with Crippen LogP contribution in [0.1, 0.15) is 28.4 Å². The number of carboxylic acids is 1. The van der Waals surface area contributed by atoms with Crippen LogP contribution in [0.4, 0.5) is 13.2 Å². The summed E-state index contributed by atoms with van der Waals surface area (Å²) in [7, 11) is 1.64. The first-order valence-electron chi connectivity index (χ1n) is 10.6. The van der Waals surface area contributed by atoms with Gasteiger partial charge in [-0.15, -0.1) is 0 Å². The number of carbonyl (C=O) groups excluding carboxylic acids is 2. The number of carboxylic acid groups (broad SMARTS) is 1. The molecule has 10 heteroatoms. The average molecular weight is 497 g/mol. The maximum Gasteiger partial charge on any atom is 0.490 e. The lowest BCUT2D eigenvalue weighted by molar-refractivity contribution is -0.192. The lowest BCUT2D eigenvalue weighted by Crippen LogP contribution is -2.41. The van der Waals surface area contributed by atoms with Gasteiger partial charge in [0.2, 0.25) is 0 Å². The number of aliphatic imine (C=N–C) groups is 1. The zero-order valence-corrected chi connectivity index (χ0v) is 19.3. The van der Waals surface area contributed by atoms with Gasteiger partial charge < -0.3 is 10.8 Å². The molecule has 3 aromatic carbocycles. The summed E-state index contributed by atoms with van der Waals surface area (Å²) in [6, 6.07) is 24.6. The van der Waals surface area contributed by atoms with Gasteiger partial charge in [-0.05, 0) is 35.2 Å². The monoisotopic (exact) mass is 497 g/mol. The number of halogens is 3. The van der Waals surface area contributed by atoms with E-state index < -0.39 is 17.7 Å². The van der Waals surface area contributed by atoms with Crippen LogP contribution in [0.3, 0.4) is 0 Å². The molecule has 1 aliphatic rings. The van der Waals surface area contributed by atoms with Gasteiger partial charge in [-0.3, -0.25) is 14.5 Å². The van der Waals surface area contributed by atoms with E-state index in [1.807, 2.05) is 78.9 Å². The summed E-state index contributed by atoms with van der Waals surface area (Å²) in [6.07, 6.45) is -5.08. The molecule has 0 bridgehead atoms. The van der Waals surface area contributed by atoms with Crippen molar-refractivity contribution in [3.63, 3.8) is 0 Å². The predicted molar refractivity (Wildman–Crippen MR) is 127 cm³/mol. The number of guanidine groups is 1. The second-order valence-electron chi connectivity index (χ2n) is 7.93. The predicted octanol–water partition coefficient (Wildman–Crippen LogP) is 4.22. The summed E-state index contributed by atoms with van der Waals surface area (Å²) in [5, 5.41) is 7.12. The second kappa shape index (κ2) is 10.0. The normalized spacial score (nSPS) is 17.2. The SMILES string of the molecule is CC(=O)c1ccc(-c2cccc(C3(c4ccccc4)N=C(N)N(C)C3=O)c2)cc1.O=C(O)C(F)(F)F. The van der Waals surface area contributed by atoms with Crippen molar-refractivity contribution in [3.8, 4) is 11.1 Å². The van der Waals surface area contributed by atoms with Crippen molar-refractivity contribution >= 4 is 23.6 Å². The Morgan fingerprint density at radius 2 is 1.47 bits per heavy atom. The summed E-state index contributed by atoms with van der Waals surface area (Å²) in [6.45, 7) is 1.55. The average Bonchev–Trinajstić information content (AvgIpc) is 3.09. The quantitative estimate of drug-likeness (QED) is 0.524. The van der Waals surface area contributed by atoms with Gasteiger partial charge in [-0.1, -0.05) is 72.8 Å². The number of nitrogens with two attached hydrogens (primary N) is 1. The van der Waals surface area contributed by atoms with Crippen LogP contribution >= 0.6 is 0 Å². The van der Waals surface area contributed by atoms with Crippen LogP contribution in [-0.4, -0.2) is 46.8 Å². The Morgan fingerprint density at radius 1 is 0.917 bits per heavy atom. The number of amides is 1. The molecule has 0 aliphatic carbocycles. The van der Waals surface area contributed by atoms with E-state index in [1.165, 1.54) is 4.90 Å². The number of hydrogen-bond donors (Lipinski definition) is 2. The number of likely N-dealkylation sites (N-methyl/N-ethyl adjacent to an activating group) is 1.